The highest BCUT2D eigenvalue weighted by Crippen LogP contribution is 2.65. The number of rotatable bonds is 11. The van der Waals surface area contributed by atoms with Crippen molar-refractivity contribution in [2.45, 2.75) is 113 Å². The molecule has 1 amide bonds. The molecule has 1 aliphatic heterocycles. The smallest absolute Gasteiger partial charge is 0.227 e. The molecule has 5 atom stereocenters. The van der Waals surface area contributed by atoms with E-state index >= 15 is 0 Å². The number of carbonyl (C=O) groups is 5. The summed E-state index contributed by atoms with van der Waals surface area (Å²) in [4.78, 5) is 67.3. The fourth-order valence-corrected chi connectivity index (χ4v) is 6.80. The number of Topliss-reactive ketones (excluding diaryl/α,β-unsaturated/α-hetero) is 4. The van der Waals surface area contributed by atoms with Crippen molar-refractivity contribution >= 4 is 29.0 Å². The van der Waals surface area contributed by atoms with Gasteiger partial charge in [0.15, 0.2) is 11.6 Å². The Labute approximate surface area is 223 Å². The zero-order chi connectivity index (χ0) is 28.1. The lowest BCUT2D eigenvalue weighted by atomic mass is 9.74. The van der Waals surface area contributed by atoms with Crippen LogP contribution in [0.5, 0.6) is 0 Å². The molecule has 37 heavy (non-hydrogen) atoms. The number of ketones is 4. The van der Waals surface area contributed by atoms with E-state index in [4.69, 9.17) is 0 Å². The molecular weight excluding hydrogens is 466 g/mol. The highest BCUT2D eigenvalue weighted by molar-refractivity contribution is 6.37. The molecule has 0 radical (unpaired) electrons. The summed E-state index contributed by atoms with van der Waals surface area (Å²) < 4.78 is 0. The molecule has 2 aliphatic carbocycles. The average molecular weight is 516 g/mol. The summed E-state index contributed by atoms with van der Waals surface area (Å²) in [6, 6.07) is -0.585. The van der Waals surface area contributed by atoms with Crippen molar-refractivity contribution in [1.82, 2.24) is 4.90 Å². The van der Waals surface area contributed by atoms with Gasteiger partial charge in [0, 0.05) is 44.6 Å². The fourth-order valence-electron chi connectivity index (χ4n) is 6.80. The predicted molar refractivity (Wildman–Crippen MR) is 144 cm³/mol. The summed E-state index contributed by atoms with van der Waals surface area (Å²) in [5.74, 6) is -1.51. The fraction of sp³-hybridized carbons (Fsp3) is 0.839. The normalized spacial score (nSPS) is 26.6. The van der Waals surface area contributed by atoms with Crippen LogP contribution >= 0.6 is 0 Å². The Kier molecular flexibility index (Phi) is 8.33. The monoisotopic (exact) mass is 515 g/mol. The number of carbonyl (C=O) groups excluding carboxylic acids is 5. The summed E-state index contributed by atoms with van der Waals surface area (Å²) in [5, 5.41) is 0. The zero-order valence-corrected chi connectivity index (χ0v) is 24.6. The van der Waals surface area contributed by atoms with Gasteiger partial charge in [0.25, 0.3) is 0 Å². The molecule has 1 saturated heterocycles. The van der Waals surface area contributed by atoms with Gasteiger partial charge in [0.1, 0.15) is 5.78 Å². The molecule has 6 nitrogen and oxygen atoms in total. The maximum absolute atomic E-state index is 14.0. The third-order valence-electron chi connectivity index (χ3n) is 9.33. The molecule has 6 heteroatoms. The van der Waals surface area contributed by atoms with Crippen LogP contribution in [0.3, 0.4) is 0 Å². The van der Waals surface area contributed by atoms with E-state index in [1.807, 2.05) is 41.5 Å². The Balaban J connectivity index is 1.83. The molecule has 0 aromatic heterocycles. The number of nitrogens with zero attached hydrogens (tertiary/aromatic N) is 1. The van der Waals surface area contributed by atoms with E-state index in [-0.39, 0.29) is 53.0 Å². The van der Waals surface area contributed by atoms with Crippen LogP contribution in [-0.4, -0.2) is 46.5 Å². The highest BCUT2D eigenvalue weighted by atomic mass is 16.2. The predicted octanol–water partition coefficient (Wildman–Crippen LogP) is 5.45. The number of hydrogen-bond acceptors (Lipinski definition) is 5. The van der Waals surface area contributed by atoms with Gasteiger partial charge in [-0.3, -0.25) is 24.0 Å². The van der Waals surface area contributed by atoms with Gasteiger partial charge in [-0.1, -0.05) is 74.7 Å². The van der Waals surface area contributed by atoms with Crippen LogP contribution in [0.1, 0.15) is 107 Å². The molecular formula is C31H49NO5. The summed E-state index contributed by atoms with van der Waals surface area (Å²) in [7, 11) is 0. The SMILES string of the molecule is CC(=O)C(=O)C(CC(=O)[C@@H]1C2C(CN1C(=O)[C@@H](CC(=O)CC(C)(C)C)C(C)(C)C)C2(C)C)CC1CCC1. The molecule has 1 heterocycles. The lowest BCUT2D eigenvalue weighted by Crippen LogP contribution is -2.51. The van der Waals surface area contributed by atoms with Gasteiger partial charge in [-0.25, -0.2) is 0 Å². The molecule has 2 saturated carbocycles. The Hall–Kier alpha value is -1.85. The molecule has 0 N–H and O–H groups in total. The van der Waals surface area contributed by atoms with Gasteiger partial charge < -0.3 is 4.90 Å². The van der Waals surface area contributed by atoms with E-state index in [2.05, 4.69) is 13.8 Å². The molecule has 0 aromatic rings. The van der Waals surface area contributed by atoms with Crippen LogP contribution in [0.15, 0.2) is 0 Å². The molecule has 3 fully saturated rings. The minimum absolute atomic E-state index is 0.0196. The Morgan fingerprint density at radius 1 is 0.946 bits per heavy atom. The number of piperidine rings is 1. The third-order valence-corrected chi connectivity index (χ3v) is 9.33. The van der Waals surface area contributed by atoms with Gasteiger partial charge in [0.05, 0.1) is 6.04 Å². The van der Waals surface area contributed by atoms with Gasteiger partial charge in [-0.2, -0.15) is 0 Å². The van der Waals surface area contributed by atoms with Crippen molar-refractivity contribution in [3.63, 3.8) is 0 Å². The standard InChI is InChI=1S/C31H49NO5/c1-18(33)27(36)20(13-19-11-10-12-19)14-24(35)26-25-23(31(25,8)9)17-32(26)28(37)22(30(5,6)7)15-21(34)16-29(2,3)4/h19-20,22-23,25-26H,10-17H2,1-9H3/t20?,22-,23?,25?,26-/m1/s1. The van der Waals surface area contributed by atoms with E-state index in [1.54, 1.807) is 4.90 Å². The Morgan fingerprint density at radius 2 is 1.54 bits per heavy atom. The number of hydrogen-bond donors (Lipinski definition) is 0. The van der Waals surface area contributed by atoms with E-state index in [0.717, 1.165) is 19.3 Å². The maximum Gasteiger partial charge on any atom is 0.227 e. The molecule has 3 unspecified atom stereocenters. The zero-order valence-electron chi connectivity index (χ0n) is 24.6. The first kappa shape index (κ1) is 29.7. The lowest BCUT2D eigenvalue weighted by molar-refractivity contribution is -0.148. The van der Waals surface area contributed by atoms with E-state index < -0.39 is 34.9 Å². The second-order valence-corrected chi connectivity index (χ2v) is 15.1. The largest absolute Gasteiger partial charge is 0.332 e. The van der Waals surface area contributed by atoms with Crippen LogP contribution < -0.4 is 0 Å². The molecule has 208 valence electrons. The molecule has 0 aromatic carbocycles. The second-order valence-electron chi connectivity index (χ2n) is 15.1. The first-order chi connectivity index (χ1) is 16.8. The summed E-state index contributed by atoms with van der Waals surface area (Å²) in [6.45, 7) is 18.1. The van der Waals surface area contributed by atoms with E-state index in [0.29, 0.717) is 25.3 Å². The summed E-state index contributed by atoms with van der Waals surface area (Å²) in [6.07, 6.45) is 4.38. The van der Waals surface area contributed by atoms with Crippen LogP contribution in [0.4, 0.5) is 0 Å². The van der Waals surface area contributed by atoms with Crippen molar-refractivity contribution < 1.29 is 24.0 Å². The second kappa shape index (κ2) is 10.4. The minimum Gasteiger partial charge on any atom is -0.332 e. The number of amides is 1. The van der Waals surface area contributed by atoms with Crippen LogP contribution in [0.2, 0.25) is 0 Å². The lowest BCUT2D eigenvalue weighted by Gasteiger charge is -2.38. The van der Waals surface area contributed by atoms with Crippen molar-refractivity contribution in [1.29, 1.82) is 0 Å². The van der Waals surface area contributed by atoms with Crippen LogP contribution in [0.25, 0.3) is 0 Å². The first-order valence-electron chi connectivity index (χ1n) is 14.2. The number of fused-ring (bicyclic) bond motifs is 1. The molecule has 3 rings (SSSR count). The minimum atomic E-state index is -0.597. The molecule has 0 spiro atoms. The van der Waals surface area contributed by atoms with Gasteiger partial charge in [-0.05, 0) is 40.4 Å². The number of likely N-dealkylation sites (tertiary alicyclic amines) is 1. The highest BCUT2D eigenvalue weighted by Gasteiger charge is 2.69. The molecule has 3 aliphatic rings. The Bertz CT molecular complexity index is 946. The van der Waals surface area contributed by atoms with Crippen molar-refractivity contribution in [2.24, 2.45) is 45.8 Å². The summed E-state index contributed by atoms with van der Waals surface area (Å²) >= 11 is 0. The average Bonchev–Trinajstić information content (AvgIpc) is 3.06. The van der Waals surface area contributed by atoms with Crippen molar-refractivity contribution in [3.8, 4) is 0 Å². The summed E-state index contributed by atoms with van der Waals surface area (Å²) in [5.41, 5.74) is -0.624. The molecule has 0 bridgehead atoms. The first-order valence-corrected chi connectivity index (χ1v) is 14.2. The van der Waals surface area contributed by atoms with Gasteiger partial charge in [-0.15, -0.1) is 0 Å². The third kappa shape index (κ3) is 6.60. The van der Waals surface area contributed by atoms with Crippen LogP contribution in [0, 0.1) is 45.8 Å². The van der Waals surface area contributed by atoms with Crippen molar-refractivity contribution in [2.75, 3.05) is 6.54 Å². The van der Waals surface area contributed by atoms with Crippen LogP contribution in [-0.2, 0) is 24.0 Å². The topological polar surface area (TPSA) is 88.6 Å². The maximum atomic E-state index is 14.0. The van der Waals surface area contributed by atoms with Crippen molar-refractivity contribution in [3.05, 3.63) is 0 Å². The quantitative estimate of drug-likeness (QED) is 0.341. The van der Waals surface area contributed by atoms with E-state index in [9.17, 15) is 24.0 Å². The van der Waals surface area contributed by atoms with Gasteiger partial charge in [0.2, 0.25) is 11.7 Å². The van der Waals surface area contributed by atoms with E-state index in [1.165, 1.54) is 6.92 Å². The Morgan fingerprint density at radius 3 is 2.00 bits per heavy atom. The van der Waals surface area contributed by atoms with Gasteiger partial charge >= 0.3 is 0 Å².